The molecule has 8 nitrogen and oxygen atoms in total. The van der Waals surface area contributed by atoms with Gasteiger partial charge in [0, 0.05) is 18.0 Å². The molecule has 0 aliphatic carbocycles. The van der Waals surface area contributed by atoms with E-state index in [1.807, 2.05) is 0 Å². The number of nitrogens with one attached hydrogen (secondary N) is 1. The highest BCUT2D eigenvalue weighted by molar-refractivity contribution is 7.92. The van der Waals surface area contributed by atoms with Gasteiger partial charge in [-0.25, -0.2) is 13.2 Å². The Morgan fingerprint density at radius 3 is 2.48 bits per heavy atom. The number of carbonyl (C=O) groups is 2. The van der Waals surface area contributed by atoms with Gasteiger partial charge in [0.1, 0.15) is 5.75 Å². The van der Waals surface area contributed by atoms with E-state index in [0.29, 0.717) is 27.7 Å². The molecular formula is C21H25ClN2O6S. The number of anilines is 2. The van der Waals surface area contributed by atoms with Crippen LogP contribution in [0.5, 0.6) is 5.75 Å². The van der Waals surface area contributed by atoms with Crippen molar-refractivity contribution >= 4 is 44.9 Å². The first-order valence-corrected chi connectivity index (χ1v) is 11.6. The SMILES string of the molecule is COC(=O)c1ccc(OC)c(NC(=O)CCCN(c2cccc(Cl)c2C)S(C)(=O)=O)c1. The number of esters is 1. The molecule has 10 heteroatoms. The Hall–Kier alpha value is -2.78. The van der Waals surface area contributed by atoms with Crippen LogP contribution in [0.4, 0.5) is 11.4 Å². The maximum atomic E-state index is 12.4. The summed E-state index contributed by atoms with van der Waals surface area (Å²) in [6.45, 7) is 1.84. The Kier molecular flexibility index (Phi) is 8.29. The summed E-state index contributed by atoms with van der Waals surface area (Å²) in [5, 5.41) is 3.15. The van der Waals surface area contributed by atoms with Crippen LogP contribution < -0.4 is 14.4 Å². The second-order valence-corrected chi connectivity index (χ2v) is 9.09. The van der Waals surface area contributed by atoms with Gasteiger partial charge in [-0.3, -0.25) is 9.10 Å². The Balaban J connectivity index is 2.10. The van der Waals surface area contributed by atoms with Crippen LogP contribution in [0.25, 0.3) is 0 Å². The average Bonchev–Trinajstić information content (AvgIpc) is 2.72. The second kappa shape index (κ2) is 10.5. The van der Waals surface area contributed by atoms with Crippen LogP contribution >= 0.6 is 11.6 Å². The zero-order valence-corrected chi connectivity index (χ0v) is 19.3. The van der Waals surface area contributed by atoms with E-state index in [-0.39, 0.29) is 30.9 Å². The number of rotatable bonds is 9. The quantitative estimate of drug-likeness (QED) is 0.564. The highest BCUT2D eigenvalue weighted by atomic mass is 35.5. The molecule has 1 N–H and O–H groups in total. The Morgan fingerprint density at radius 2 is 1.87 bits per heavy atom. The number of sulfonamides is 1. The van der Waals surface area contributed by atoms with E-state index in [1.165, 1.54) is 30.7 Å². The van der Waals surface area contributed by atoms with Crippen LogP contribution in [0, 0.1) is 6.92 Å². The minimum absolute atomic E-state index is 0.0528. The lowest BCUT2D eigenvalue weighted by Crippen LogP contribution is -2.32. The molecule has 0 fully saturated rings. The number of nitrogens with zero attached hydrogens (tertiary/aromatic N) is 1. The first kappa shape index (κ1) is 24.5. The van der Waals surface area contributed by atoms with Crippen molar-refractivity contribution in [3.05, 3.63) is 52.5 Å². The predicted octanol–water partition coefficient (Wildman–Crippen LogP) is 3.63. The molecule has 0 spiro atoms. The van der Waals surface area contributed by atoms with E-state index < -0.39 is 16.0 Å². The molecule has 0 heterocycles. The molecule has 0 aromatic heterocycles. The van der Waals surface area contributed by atoms with Gasteiger partial charge in [-0.1, -0.05) is 17.7 Å². The highest BCUT2D eigenvalue weighted by Gasteiger charge is 2.20. The molecule has 2 aromatic rings. The van der Waals surface area contributed by atoms with Crippen LogP contribution in [0.15, 0.2) is 36.4 Å². The number of hydrogen-bond acceptors (Lipinski definition) is 6. The topological polar surface area (TPSA) is 102 Å². The molecule has 1 amide bonds. The summed E-state index contributed by atoms with van der Waals surface area (Å²) in [5.74, 6) is -0.510. The van der Waals surface area contributed by atoms with E-state index >= 15 is 0 Å². The minimum Gasteiger partial charge on any atom is -0.495 e. The molecule has 0 aliphatic rings. The lowest BCUT2D eigenvalue weighted by Gasteiger charge is -2.24. The third kappa shape index (κ3) is 6.35. The van der Waals surface area contributed by atoms with Crippen LogP contribution in [-0.2, 0) is 19.6 Å². The van der Waals surface area contributed by atoms with Gasteiger partial charge in [0.2, 0.25) is 15.9 Å². The average molecular weight is 469 g/mol. The van der Waals surface area contributed by atoms with Crippen LogP contribution in [0.1, 0.15) is 28.8 Å². The van der Waals surface area contributed by atoms with Gasteiger partial charge in [0.25, 0.3) is 0 Å². The Morgan fingerprint density at radius 1 is 1.16 bits per heavy atom. The van der Waals surface area contributed by atoms with Crippen molar-refractivity contribution in [2.24, 2.45) is 0 Å². The number of hydrogen-bond donors (Lipinski definition) is 1. The van der Waals surface area contributed by atoms with Gasteiger partial charge in [-0.2, -0.15) is 0 Å². The van der Waals surface area contributed by atoms with E-state index in [4.69, 9.17) is 16.3 Å². The van der Waals surface area contributed by atoms with Gasteiger partial charge < -0.3 is 14.8 Å². The molecule has 0 radical (unpaired) electrons. The maximum absolute atomic E-state index is 12.4. The smallest absolute Gasteiger partial charge is 0.337 e. The highest BCUT2D eigenvalue weighted by Crippen LogP contribution is 2.29. The fourth-order valence-electron chi connectivity index (χ4n) is 2.98. The van der Waals surface area contributed by atoms with Crippen molar-refractivity contribution < 1.29 is 27.5 Å². The van der Waals surface area contributed by atoms with Gasteiger partial charge in [-0.15, -0.1) is 0 Å². The summed E-state index contributed by atoms with van der Waals surface area (Å²) >= 11 is 6.13. The molecule has 168 valence electrons. The molecule has 0 bridgehead atoms. The van der Waals surface area contributed by atoms with Crippen molar-refractivity contribution in [1.82, 2.24) is 0 Å². The van der Waals surface area contributed by atoms with E-state index in [2.05, 4.69) is 10.1 Å². The molecule has 0 unspecified atom stereocenters. The van der Waals surface area contributed by atoms with Crippen molar-refractivity contribution in [3.63, 3.8) is 0 Å². The van der Waals surface area contributed by atoms with E-state index in [0.717, 1.165) is 6.26 Å². The number of methoxy groups -OCH3 is 2. The summed E-state index contributed by atoms with van der Waals surface area (Å²) < 4.78 is 35.7. The zero-order chi connectivity index (χ0) is 23.2. The first-order chi connectivity index (χ1) is 14.6. The number of carbonyl (C=O) groups excluding carboxylic acids is 2. The summed E-state index contributed by atoms with van der Waals surface area (Å²) in [6.07, 6.45) is 1.43. The summed E-state index contributed by atoms with van der Waals surface area (Å²) in [5.41, 5.74) is 1.70. The number of halogens is 1. The fraction of sp³-hybridized carbons (Fsp3) is 0.333. The maximum Gasteiger partial charge on any atom is 0.337 e. The molecule has 2 aromatic carbocycles. The van der Waals surface area contributed by atoms with E-state index in [9.17, 15) is 18.0 Å². The first-order valence-electron chi connectivity index (χ1n) is 9.37. The molecular weight excluding hydrogens is 444 g/mol. The van der Waals surface area contributed by atoms with Gasteiger partial charge in [0.05, 0.1) is 37.4 Å². The van der Waals surface area contributed by atoms with Crippen LogP contribution in [0.3, 0.4) is 0 Å². The molecule has 2 rings (SSSR count). The fourth-order valence-corrected chi connectivity index (χ4v) is 4.16. The monoisotopic (exact) mass is 468 g/mol. The molecule has 31 heavy (non-hydrogen) atoms. The lowest BCUT2D eigenvalue weighted by atomic mass is 10.1. The minimum atomic E-state index is -3.57. The largest absolute Gasteiger partial charge is 0.495 e. The standard InChI is InChI=1S/C21H25ClN2O6S/c1-14-16(22)7-5-8-18(14)24(31(4,27)28)12-6-9-20(25)23-17-13-15(21(26)30-3)10-11-19(17)29-2/h5,7-8,10-11,13H,6,9,12H2,1-4H3,(H,23,25). The third-order valence-corrected chi connectivity index (χ3v) is 6.16. The Labute approximate surface area is 187 Å². The third-order valence-electron chi connectivity index (χ3n) is 4.57. The van der Waals surface area contributed by atoms with Crippen molar-refractivity contribution in [2.75, 3.05) is 36.6 Å². The Bertz CT molecular complexity index is 1070. The molecule has 0 saturated heterocycles. The number of amides is 1. The number of benzene rings is 2. The second-order valence-electron chi connectivity index (χ2n) is 6.78. The zero-order valence-electron chi connectivity index (χ0n) is 17.8. The van der Waals surface area contributed by atoms with Gasteiger partial charge in [-0.05, 0) is 49.2 Å². The predicted molar refractivity (Wildman–Crippen MR) is 121 cm³/mol. The summed E-state index contributed by atoms with van der Waals surface area (Å²) in [6, 6.07) is 9.57. The van der Waals surface area contributed by atoms with Crippen LogP contribution in [-0.4, -0.2) is 47.3 Å². The normalized spacial score (nSPS) is 11.0. The summed E-state index contributed by atoms with van der Waals surface area (Å²) in [7, 11) is -0.863. The van der Waals surface area contributed by atoms with Gasteiger partial charge >= 0.3 is 5.97 Å². The lowest BCUT2D eigenvalue weighted by molar-refractivity contribution is -0.116. The van der Waals surface area contributed by atoms with Crippen molar-refractivity contribution in [2.45, 2.75) is 19.8 Å². The van der Waals surface area contributed by atoms with E-state index in [1.54, 1.807) is 31.2 Å². The van der Waals surface area contributed by atoms with Gasteiger partial charge in [0.15, 0.2) is 0 Å². The molecule has 0 aliphatic heterocycles. The number of ether oxygens (including phenoxy) is 2. The van der Waals surface area contributed by atoms with Crippen molar-refractivity contribution in [1.29, 1.82) is 0 Å². The molecule has 0 saturated carbocycles. The van der Waals surface area contributed by atoms with Crippen LogP contribution in [0.2, 0.25) is 5.02 Å². The summed E-state index contributed by atoms with van der Waals surface area (Å²) in [4.78, 5) is 24.2. The van der Waals surface area contributed by atoms with Crippen molar-refractivity contribution in [3.8, 4) is 5.75 Å². The molecule has 0 atom stereocenters.